The second-order valence-corrected chi connectivity index (χ2v) is 10.7. The largest absolute Gasteiger partial charge is 0.490 e. The molecule has 2 heterocycles. The fourth-order valence-electron chi connectivity index (χ4n) is 3.98. The van der Waals surface area contributed by atoms with E-state index in [1.807, 2.05) is 19.1 Å². The van der Waals surface area contributed by atoms with E-state index in [1.165, 1.54) is 0 Å². The number of nitrogens with zero attached hydrogens (tertiary/aromatic N) is 2. The summed E-state index contributed by atoms with van der Waals surface area (Å²) in [6, 6.07) is 10.9. The Bertz CT molecular complexity index is 1180. The molecule has 0 aliphatic carbocycles. The molecule has 0 spiro atoms. The van der Waals surface area contributed by atoms with Gasteiger partial charge in [0.1, 0.15) is 13.2 Å². The molecule has 0 unspecified atom stereocenters. The van der Waals surface area contributed by atoms with Crippen molar-refractivity contribution in [3.63, 3.8) is 0 Å². The van der Waals surface area contributed by atoms with Crippen molar-refractivity contribution in [2.24, 2.45) is 0 Å². The number of hydrogen-bond acceptors (Lipinski definition) is 6. The van der Waals surface area contributed by atoms with Crippen molar-refractivity contribution in [2.45, 2.75) is 32.8 Å². The van der Waals surface area contributed by atoms with Gasteiger partial charge in [-0.3, -0.25) is 19.3 Å². The van der Waals surface area contributed by atoms with E-state index in [2.05, 4.69) is 15.9 Å². The summed E-state index contributed by atoms with van der Waals surface area (Å²) in [6.07, 6.45) is 4.62. The molecule has 2 aromatic rings. The first kappa shape index (κ1) is 26.6. The summed E-state index contributed by atoms with van der Waals surface area (Å²) in [5, 5.41) is 0.211. The molecule has 0 N–H and O–H groups in total. The third-order valence-electron chi connectivity index (χ3n) is 5.80. The van der Waals surface area contributed by atoms with Gasteiger partial charge in [-0.1, -0.05) is 23.7 Å². The Morgan fingerprint density at radius 1 is 1.11 bits per heavy atom. The second-order valence-electron chi connectivity index (χ2n) is 8.39. The zero-order chi connectivity index (χ0) is 25.7. The lowest BCUT2D eigenvalue weighted by atomic mass is 10.1. The van der Waals surface area contributed by atoms with Crippen LogP contribution in [0.4, 0.5) is 4.79 Å². The Labute approximate surface area is 227 Å². The van der Waals surface area contributed by atoms with Crippen LogP contribution in [0.25, 0.3) is 6.08 Å². The van der Waals surface area contributed by atoms with Crippen LogP contribution < -0.4 is 9.47 Å². The van der Waals surface area contributed by atoms with Crippen LogP contribution in [0.15, 0.2) is 45.8 Å². The molecule has 0 radical (unpaired) electrons. The predicted octanol–water partition coefficient (Wildman–Crippen LogP) is 6.13. The van der Waals surface area contributed by atoms with Crippen molar-refractivity contribution < 1.29 is 23.9 Å². The smallest absolute Gasteiger partial charge is 0.294 e. The van der Waals surface area contributed by atoms with Crippen LogP contribution in [-0.2, 0) is 16.2 Å². The summed E-state index contributed by atoms with van der Waals surface area (Å²) in [6.45, 7) is 3.72. The van der Waals surface area contributed by atoms with Gasteiger partial charge in [0.05, 0.1) is 16.0 Å². The maximum Gasteiger partial charge on any atom is 0.294 e. The number of imide groups is 1. The number of benzene rings is 2. The normalized spacial score (nSPS) is 17.1. The van der Waals surface area contributed by atoms with Gasteiger partial charge in [-0.15, -0.1) is 0 Å². The number of ether oxygens (including phenoxy) is 2. The topological polar surface area (TPSA) is 76.2 Å². The molecule has 2 aliphatic heterocycles. The minimum Gasteiger partial charge on any atom is -0.490 e. The minimum absolute atomic E-state index is 0.193. The molecule has 0 aromatic heterocycles. The Morgan fingerprint density at radius 2 is 1.83 bits per heavy atom. The average Bonchev–Trinajstić information content (AvgIpc) is 3.12. The van der Waals surface area contributed by atoms with E-state index in [9.17, 15) is 14.4 Å². The lowest BCUT2D eigenvalue weighted by Gasteiger charge is -2.27. The van der Waals surface area contributed by atoms with Gasteiger partial charge in [-0.2, -0.15) is 0 Å². The predicted molar refractivity (Wildman–Crippen MR) is 144 cm³/mol. The first-order valence-corrected chi connectivity index (χ1v) is 13.7. The van der Waals surface area contributed by atoms with Gasteiger partial charge in [-0.05, 0) is 95.3 Å². The molecule has 36 heavy (non-hydrogen) atoms. The van der Waals surface area contributed by atoms with E-state index in [0.717, 1.165) is 41.5 Å². The van der Waals surface area contributed by atoms with E-state index >= 15 is 0 Å². The fraction of sp³-hybridized carbons (Fsp3) is 0.346. The van der Waals surface area contributed by atoms with Crippen molar-refractivity contribution in [3.8, 4) is 11.5 Å². The molecule has 0 saturated carbocycles. The number of amides is 3. The van der Waals surface area contributed by atoms with Crippen LogP contribution in [0.3, 0.4) is 0 Å². The molecule has 10 heteroatoms. The summed E-state index contributed by atoms with van der Waals surface area (Å²) < 4.78 is 12.5. The summed E-state index contributed by atoms with van der Waals surface area (Å²) >= 11 is 10.3. The number of hydrogen-bond donors (Lipinski definition) is 0. The summed E-state index contributed by atoms with van der Waals surface area (Å²) in [5.41, 5.74) is 1.61. The standard InChI is InChI=1S/C26H26BrClN2O5S/c1-2-34-21-13-18(12-20(27)24(21)35-16-17-6-8-19(28)9-7-17)14-22-25(32)30(26(33)36-22)15-23(31)29-10-4-3-5-11-29/h6-9,12-14H,2-5,10-11,15-16H2,1H3/b22-14+. The lowest BCUT2D eigenvalue weighted by molar-refractivity contribution is -0.136. The van der Waals surface area contributed by atoms with Gasteiger partial charge in [0, 0.05) is 18.1 Å². The first-order valence-electron chi connectivity index (χ1n) is 11.7. The van der Waals surface area contributed by atoms with Crippen LogP contribution in [-0.4, -0.2) is 53.1 Å². The quantitative estimate of drug-likeness (QED) is 0.343. The minimum atomic E-state index is -0.465. The van der Waals surface area contributed by atoms with E-state index in [4.69, 9.17) is 21.1 Å². The van der Waals surface area contributed by atoms with Gasteiger partial charge >= 0.3 is 0 Å². The third kappa shape index (κ3) is 6.44. The molecule has 190 valence electrons. The second kappa shape index (κ2) is 12.2. The molecule has 4 rings (SSSR count). The van der Waals surface area contributed by atoms with Crippen molar-refractivity contribution in [1.82, 2.24) is 9.80 Å². The van der Waals surface area contributed by atoms with Crippen LogP contribution in [0.2, 0.25) is 5.02 Å². The Balaban J connectivity index is 1.50. The van der Waals surface area contributed by atoms with Gasteiger partial charge in [-0.25, -0.2) is 0 Å². The Morgan fingerprint density at radius 3 is 2.53 bits per heavy atom. The highest BCUT2D eigenvalue weighted by Gasteiger charge is 2.37. The number of likely N-dealkylation sites (tertiary alicyclic amines) is 1. The zero-order valence-electron chi connectivity index (χ0n) is 19.8. The monoisotopic (exact) mass is 592 g/mol. The molecular weight excluding hydrogens is 568 g/mol. The number of rotatable bonds is 8. The lowest BCUT2D eigenvalue weighted by Crippen LogP contribution is -2.44. The third-order valence-corrected chi connectivity index (χ3v) is 7.55. The van der Waals surface area contributed by atoms with Crippen LogP contribution >= 0.6 is 39.3 Å². The number of thioether (sulfide) groups is 1. The van der Waals surface area contributed by atoms with E-state index in [0.29, 0.717) is 52.9 Å². The first-order chi connectivity index (χ1) is 17.4. The summed E-state index contributed by atoms with van der Waals surface area (Å²) in [4.78, 5) is 41.1. The molecule has 3 amide bonds. The Kier molecular flexibility index (Phi) is 8.98. The molecule has 2 aromatic carbocycles. The van der Waals surface area contributed by atoms with Gasteiger partial charge < -0.3 is 14.4 Å². The van der Waals surface area contributed by atoms with Gasteiger partial charge in [0.2, 0.25) is 5.91 Å². The summed E-state index contributed by atoms with van der Waals surface area (Å²) in [5.74, 6) is 0.380. The summed E-state index contributed by atoms with van der Waals surface area (Å²) in [7, 11) is 0. The molecule has 0 bridgehead atoms. The maximum atomic E-state index is 13.0. The fourth-order valence-corrected chi connectivity index (χ4v) is 5.52. The van der Waals surface area contributed by atoms with Gasteiger partial charge in [0.15, 0.2) is 11.5 Å². The number of carbonyl (C=O) groups excluding carboxylic acids is 3. The number of piperidine rings is 1. The van der Waals surface area contributed by atoms with Crippen molar-refractivity contribution >= 4 is 62.4 Å². The van der Waals surface area contributed by atoms with E-state index in [-0.39, 0.29) is 17.4 Å². The molecule has 2 aliphatic rings. The molecule has 7 nitrogen and oxygen atoms in total. The van der Waals surface area contributed by atoms with Crippen LogP contribution in [0.1, 0.15) is 37.3 Å². The average molecular weight is 594 g/mol. The van der Waals surface area contributed by atoms with Crippen molar-refractivity contribution in [1.29, 1.82) is 0 Å². The van der Waals surface area contributed by atoms with E-state index in [1.54, 1.807) is 35.2 Å². The number of carbonyl (C=O) groups is 3. The molecule has 2 saturated heterocycles. The number of halogens is 2. The highest BCUT2D eigenvalue weighted by atomic mass is 79.9. The highest BCUT2D eigenvalue weighted by molar-refractivity contribution is 9.10. The van der Waals surface area contributed by atoms with Crippen LogP contribution in [0.5, 0.6) is 11.5 Å². The zero-order valence-corrected chi connectivity index (χ0v) is 23.0. The SMILES string of the molecule is CCOc1cc(/C=C2/SC(=O)N(CC(=O)N3CCCCC3)C2=O)cc(Br)c1OCc1ccc(Cl)cc1. The Hall–Kier alpha value is -2.49. The maximum absolute atomic E-state index is 13.0. The molecule has 0 atom stereocenters. The molecular formula is C26H26BrClN2O5S. The van der Waals surface area contributed by atoms with Crippen molar-refractivity contribution in [3.05, 3.63) is 61.9 Å². The van der Waals surface area contributed by atoms with E-state index < -0.39 is 11.1 Å². The molecule has 2 fully saturated rings. The van der Waals surface area contributed by atoms with Gasteiger partial charge in [0.25, 0.3) is 11.1 Å². The van der Waals surface area contributed by atoms with Crippen molar-refractivity contribution in [2.75, 3.05) is 26.2 Å². The van der Waals surface area contributed by atoms with Crippen LogP contribution in [0, 0.1) is 0 Å². The highest BCUT2D eigenvalue weighted by Crippen LogP contribution is 2.39.